The van der Waals surface area contributed by atoms with Crippen LogP contribution in [0.25, 0.3) is 10.9 Å². The second-order valence-electron chi connectivity index (χ2n) is 8.07. The van der Waals surface area contributed by atoms with Gasteiger partial charge in [0.15, 0.2) is 0 Å². The Morgan fingerprint density at radius 1 is 0.920 bits per heavy atom. The van der Waals surface area contributed by atoms with E-state index < -0.39 is 0 Å². The van der Waals surface area contributed by atoms with E-state index >= 15 is 0 Å². The van der Waals surface area contributed by atoms with Gasteiger partial charge in [0.25, 0.3) is 0 Å². The normalized spacial score (nSPS) is 20.5. The first-order chi connectivity index (χ1) is 12.2. The summed E-state index contributed by atoms with van der Waals surface area (Å²) in [6.45, 7) is 9.01. The number of anilines is 1. The molecule has 0 radical (unpaired) electrons. The Hall–Kier alpha value is -1.61. The van der Waals surface area contributed by atoms with Crippen molar-refractivity contribution in [3.8, 4) is 0 Å². The molecular formula is C22H31N3. The second kappa shape index (κ2) is 7.33. The predicted octanol–water partition coefficient (Wildman–Crippen LogP) is 4.81. The van der Waals surface area contributed by atoms with Gasteiger partial charge in [0, 0.05) is 37.6 Å². The molecular weight excluding hydrogens is 306 g/mol. The number of hydrogen-bond acceptors (Lipinski definition) is 3. The van der Waals surface area contributed by atoms with Crippen molar-refractivity contribution in [2.75, 3.05) is 31.1 Å². The summed E-state index contributed by atoms with van der Waals surface area (Å²) in [6, 6.07) is 12.1. The van der Waals surface area contributed by atoms with Crippen molar-refractivity contribution >= 4 is 16.7 Å². The lowest BCUT2D eigenvalue weighted by Crippen LogP contribution is -2.49. The Kier molecular flexibility index (Phi) is 4.93. The molecule has 2 fully saturated rings. The smallest absolute Gasteiger partial charge is 0.129 e. The third kappa shape index (κ3) is 3.67. The Balaban J connectivity index is 1.51. The summed E-state index contributed by atoms with van der Waals surface area (Å²) < 4.78 is 0. The molecule has 0 bridgehead atoms. The quantitative estimate of drug-likeness (QED) is 0.801. The van der Waals surface area contributed by atoms with E-state index in [1.807, 2.05) is 0 Å². The van der Waals surface area contributed by atoms with Gasteiger partial charge in [0.05, 0.1) is 5.52 Å². The van der Waals surface area contributed by atoms with Crippen LogP contribution in [-0.2, 0) is 0 Å². The summed E-state index contributed by atoms with van der Waals surface area (Å²) in [6.07, 6.45) is 6.91. The van der Waals surface area contributed by atoms with E-state index in [2.05, 4.69) is 54.0 Å². The van der Waals surface area contributed by atoms with E-state index in [-0.39, 0.29) is 0 Å². The molecule has 3 heteroatoms. The highest BCUT2D eigenvalue weighted by Crippen LogP contribution is 2.34. The van der Waals surface area contributed by atoms with Crippen molar-refractivity contribution in [3.05, 3.63) is 35.9 Å². The van der Waals surface area contributed by atoms with Crippen LogP contribution in [-0.4, -0.2) is 42.1 Å². The van der Waals surface area contributed by atoms with Gasteiger partial charge in [-0.05, 0) is 62.4 Å². The van der Waals surface area contributed by atoms with E-state index in [0.717, 1.165) is 43.4 Å². The van der Waals surface area contributed by atoms with Gasteiger partial charge >= 0.3 is 0 Å². The van der Waals surface area contributed by atoms with Gasteiger partial charge in [-0.3, -0.25) is 4.90 Å². The van der Waals surface area contributed by atoms with E-state index in [0.29, 0.717) is 6.04 Å². The molecule has 3 nitrogen and oxygen atoms in total. The van der Waals surface area contributed by atoms with Crippen molar-refractivity contribution in [1.29, 1.82) is 0 Å². The Bertz CT molecular complexity index is 710. The largest absolute Gasteiger partial charge is 0.354 e. The number of fused-ring (bicyclic) bond motifs is 1. The molecule has 1 aliphatic heterocycles. The molecule has 0 N–H and O–H groups in total. The van der Waals surface area contributed by atoms with E-state index in [1.54, 1.807) is 0 Å². The number of pyridine rings is 1. The zero-order chi connectivity index (χ0) is 17.2. The fraction of sp³-hybridized carbons (Fsp3) is 0.591. The lowest BCUT2D eigenvalue weighted by molar-refractivity contribution is 0.209. The summed E-state index contributed by atoms with van der Waals surface area (Å²) in [5.41, 5.74) is 2.66. The Morgan fingerprint density at radius 2 is 1.68 bits per heavy atom. The first-order valence-electron chi connectivity index (χ1n) is 10.1. The van der Waals surface area contributed by atoms with Crippen LogP contribution >= 0.6 is 0 Å². The molecule has 0 spiro atoms. The molecule has 2 aliphatic rings. The molecule has 134 valence electrons. The van der Waals surface area contributed by atoms with Crippen LogP contribution in [0.1, 0.15) is 57.4 Å². The zero-order valence-corrected chi connectivity index (χ0v) is 15.7. The van der Waals surface area contributed by atoms with Gasteiger partial charge in [-0.15, -0.1) is 0 Å². The highest BCUT2D eigenvalue weighted by molar-refractivity contribution is 5.81. The molecule has 1 aliphatic carbocycles. The van der Waals surface area contributed by atoms with Gasteiger partial charge in [0.2, 0.25) is 0 Å². The van der Waals surface area contributed by atoms with Crippen LogP contribution in [0.5, 0.6) is 0 Å². The molecule has 2 heterocycles. The van der Waals surface area contributed by atoms with E-state index in [1.165, 1.54) is 43.1 Å². The first-order valence-corrected chi connectivity index (χ1v) is 10.1. The molecule has 0 atom stereocenters. The minimum absolute atomic E-state index is 0.643. The summed E-state index contributed by atoms with van der Waals surface area (Å²) in [7, 11) is 0. The third-order valence-electron chi connectivity index (χ3n) is 6.14. The Morgan fingerprint density at radius 3 is 2.40 bits per heavy atom. The third-order valence-corrected chi connectivity index (χ3v) is 6.14. The summed E-state index contributed by atoms with van der Waals surface area (Å²) in [5.74, 6) is 1.91. The molecule has 1 saturated heterocycles. The molecule has 0 amide bonds. The van der Waals surface area contributed by atoms with Gasteiger partial charge in [-0.25, -0.2) is 4.98 Å². The average Bonchev–Trinajstić information content (AvgIpc) is 2.68. The number of benzene rings is 1. The molecule has 1 aromatic heterocycles. The molecule has 25 heavy (non-hydrogen) atoms. The lowest BCUT2D eigenvalue weighted by Gasteiger charge is -2.37. The summed E-state index contributed by atoms with van der Waals surface area (Å²) in [4.78, 5) is 9.95. The zero-order valence-electron chi connectivity index (χ0n) is 15.7. The predicted molar refractivity (Wildman–Crippen MR) is 106 cm³/mol. The van der Waals surface area contributed by atoms with Crippen LogP contribution in [0.2, 0.25) is 0 Å². The van der Waals surface area contributed by atoms with Crippen molar-refractivity contribution in [2.24, 2.45) is 0 Å². The summed E-state index contributed by atoms with van der Waals surface area (Å²) >= 11 is 0. The topological polar surface area (TPSA) is 19.4 Å². The Labute approximate surface area is 152 Å². The number of rotatable bonds is 3. The highest BCUT2D eigenvalue weighted by Gasteiger charge is 2.20. The maximum Gasteiger partial charge on any atom is 0.129 e. The van der Waals surface area contributed by atoms with E-state index in [9.17, 15) is 0 Å². The second-order valence-corrected chi connectivity index (χ2v) is 8.07. The fourth-order valence-electron chi connectivity index (χ4n) is 4.47. The lowest BCUT2D eigenvalue weighted by atomic mass is 9.84. The van der Waals surface area contributed by atoms with Gasteiger partial charge in [-0.2, -0.15) is 0 Å². The van der Waals surface area contributed by atoms with Gasteiger partial charge < -0.3 is 4.90 Å². The summed E-state index contributed by atoms with van der Waals surface area (Å²) in [5, 5.41) is 1.30. The number of nitrogens with zero attached hydrogens (tertiary/aromatic N) is 3. The maximum absolute atomic E-state index is 4.96. The monoisotopic (exact) mass is 337 g/mol. The maximum atomic E-state index is 4.96. The van der Waals surface area contributed by atoms with Gasteiger partial charge in [-0.1, -0.05) is 25.3 Å². The van der Waals surface area contributed by atoms with Crippen LogP contribution in [0.4, 0.5) is 5.82 Å². The highest BCUT2D eigenvalue weighted by atomic mass is 15.3. The standard InChI is InChI=1S/C22H31N3/c1-17(2)24-12-14-25(15-13-24)22-11-9-20-16-19(8-10-21(20)23-22)18-6-4-3-5-7-18/h8-11,16-18H,3-7,12-15H2,1-2H3. The number of piperazine rings is 1. The SMILES string of the molecule is CC(C)N1CCN(c2ccc3cc(C4CCCCC4)ccc3n2)CC1. The van der Waals surface area contributed by atoms with Crippen molar-refractivity contribution in [1.82, 2.24) is 9.88 Å². The average molecular weight is 338 g/mol. The minimum atomic E-state index is 0.643. The van der Waals surface area contributed by atoms with Gasteiger partial charge in [0.1, 0.15) is 5.82 Å². The molecule has 0 unspecified atom stereocenters. The molecule has 1 aromatic carbocycles. The van der Waals surface area contributed by atoms with Crippen LogP contribution in [0.3, 0.4) is 0 Å². The van der Waals surface area contributed by atoms with Crippen LogP contribution in [0.15, 0.2) is 30.3 Å². The molecule has 2 aromatic rings. The fourth-order valence-corrected chi connectivity index (χ4v) is 4.47. The molecule has 1 saturated carbocycles. The van der Waals surface area contributed by atoms with E-state index in [4.69, 9.17) is 4.98 Å². The van der Waals surface area contributed by atoms with Crippen molar-refractivity contribution < 1.29 is 0 Å². The van der Waals surface area contributed by atoms with Crippen molar-refractivity contribution in [2.45, 2.75) is 57.9 Å². The first kappa shape index (κ1) is 16.8. The van der Waals surface area contributed by atoms with Crippen LogP contribution in [0, 0.1) is 0 Å². The van der Waals surface area contributed by atoms with Crippen LogP contribution < -0.4 is 4.90 Å². The molecule has 4 rings (SSSR count). The van der Waals surface area contributed by atoms with Crippen molar-refractivity contribution in [3.63, 3.8) is 0 Å². The number of aromatic nitrogens is 1. The number of hydrogen-bond donors (Lipinski definition) is 0. The minimum Gasteiger partial charge on any atom is -0.354 e.